The highest BCUT2D eigenvalue weighted by Gasteiger charge is 2.39. The number of nitrogens with one attached hydrogen (secondary N) is 2. The van der Waals surface area contributed by atoms with E-state index in [1.807, 2.05) is 44.2 Å². The summed E-state index contributed by atoms with van der Waals surface area (Å²) in [5, 5.41) is 5.39. The number of rotatable bonds is 8. The van der Waals surface area contributed by atoms with Crippen LogP contribution in [0.3, 0.4) is 0 Å². The minimum absolute atomic E-state index is 0.104. The van der Waals surface area contributed by atoms with Crippen LogP contribution < -0.4 is 10.6 Å². The van der Waals surface area contributed by atoms with Gasteiger partial charge in [0.2, 0.25) is 11.0 Å². The van der Waals surface area contributed by atoms with Crippen molar-refractivity contribution in [1.82, 2.24) is 14.9 Å². The van der Waals surface area contributed by atoms with Crippen molar-refractivity contribution in [3.05, 3.63) is 66.4 Å². The van der Waals surface area contributed by atoms with E-state index in [1.54, 1.807) is 0 Å². The van der Waals surface area contributed by atoms with Crippen LogP contribution >= 0.6 is 0 Å². The molecule has 0 saturated carbocycles. The zero-order valence-electron chi connectivity index (χ0n) is 18.3. The van der Waals surface area contributed by atoms with Gasteiger partial charge in [-0.3, -0.25) is 9.59 Å². The zero-order chi connectivity index (χ0) is 23.3. The Morgan fingerprint density at radius 3 is 2.47 bits per heavy atom. The van der Waals surface area contributed by atoms with E-state index >= 15 is 0 Å². The standard InChI is InChI=1S/C23H29N3O5S/c1-4-20(27)25-22-16(2)13-26(14-17(22)3)32(29,30)21-12-19(15-31-21)23(28)24-11-10-18-8-6-5-7-9-18/h4-9,12,15-17,22H,1,10-11,13-14H2,2-3H3,(H,24,28)(H,25,27). The molecule has 2 N–H and O–H groups in total. The molecule has 1 aromatic heterocycles. The molecule has 0 radical (unpaired) electrons. The summed E-state index contributed by atoms with van der Waals surface area (Å²) >= 11 is 0. The van der Waals surface area contributed by atoms with E-state index in [-0.39, 0.29) is 47.5 Å². The molecular weight excluding hydrogens is 430 g/mol. The van der Waals surface area contributed by atoms with Crippen molar-refractivity contribution in [2.45, 2.75) is 31.4 Å². The van der Waals surface area contributed by atoms with Crippen LogP contribution in [0.15, 0.2) is 64.8 Å². The molecule has 1 aliphatic heterocycles. The molecule has 2 unspecified atom stereocenters. The lowest BCUT2D eigenvalue weighted by Crippen LogP contribution is -2.55. The van der Waals surface area contributed by atoms with Gasteiger partial charge in [0, 0.05) is 31.7 Å². The Kier molecular flexibility index (Phi) is 7.52. The Morgan fingerprint density at radius 2 is 1.84 bits per heavy atom. The SMILES string of the molecule is C=CC(=O)NC1C(C)CN(S(=O)(=O)c2cc(C(=O)NCCc3ccccc3)co2)CC1C. The van der Waals surface area contributed by atoms with Gasteiger partial charge >= 0.3 is 0 Å². The maximum atomic E-state index is 13.1. The van der Waals surface area contributed by atoms with Crippen LogP contribution in [0.4, 0.5) is 0 Å². The lowest BCUT2D eigenvalue weighted by atomic mass is 9.87. The minimum atomic E-state index is -3.91. The molecular formula is C23H29N3O5S. The normalized spacial score (nSPS) is 21.6. The van der Waals surface area contributed by atoms with Crippen LogP contribution in [0, 0.1) is 11.8 Å². The smallest absolute Gasteiger partial charge is 0.276 e. The summed E-state index contributed by atoms with van der Waals surface area (Å²) in [6, 6.07) is 10.8. The fraction of sp³-hybridized carbons (Fsp3) is 0.391. The van der Waals surface area contributed by atoms with E-state index < -0.39 is 15.9 Å². The van der Waals surface area contributed by atoms with Crippen LogP contribution in [0.25, 0.3) is 0 Å². The van der Waals surface area contributed by atoms with Gasteiger partial charge in [0.15, 0.2) is 0 Å². The number of carbonyl (C=O) groups is 2. The molecule has 9 heteroatoms. The number of benzene rings is 1. The van der Waals surface area contributed by atoms with Gasteiger partial charge in [-0.05, 0) is 29.9 Å². The molecule has 2 amide bonds. The predicted octanol–water partition coefficient (Wildman–Crippen LogP) is 2.20. The molecule has 3 rings (SSSR count). The third-order valence-electron chi connectivity index (χ3n) is 5.68. The first-order valence-electron chi connectivity index (χ1n) is 10.6. The second-order valence-electron chi connectivity index (χ2n) is 8.16. The first kappa shape index (κ1) is 23.7. The molecule has 2 atom stereocenters. The number of carbonyl (C=O) groups excluding carboxylic acids is 2. The number of sulfonamides is 1. The second kappa shape index (κ2) is 10.1. The quantitative estimate of drug-likeness (QED) is 0.589. The van der Waals surface area contributed by atoms with Gasteiger partial charge in [0.1, 0.15) is 6.26 Å². The van der Waals surface area contributed by atoms with Gasteiger partial charge in [-0.2, -0.15) is 4.31 Å². The molecule has 2 heterocycles. The van der Waals surface area contributed by atoms with Crippen LogP contribution in [-0.4, -0.2) is 50.2 Å². The van der Waals surface area contributed by atoms with Crippen molar-refractivity contribution >= 4 is 21.8 Å². The summed E-state index contributed by atoms with van der Waals surface area (Å²) in [6.07, 6.45) is 3.04. The zero-order valence-corrected chi connectivity index (χ0v) is 19.1. The molecule has 0 bridgehead atoms. The summed E-state index contributed by atoms with van der Waals surface area (Å²) in [6.45, 7) is 8.12. The number of furan rings is 1. The van der Waals surface area contributed by atoms with Crippen LogP contribution in [0.5, 0.6) is 0 Å². The van der Waals surface area contributed by atoms with E-state index in [0.29, 0.717) is 13.0 Å². The summed E-state index contributed by atoms with van der Waals surface area (Å²) in [5.74, 6) is -0.876. The maximum Gasteiger partial charge on any atom is 0.276 e. The summed E-state index contributed by atoms with van der Waals surface area (Å²) in [4.78, 5) is 24.1. The van der Waals surface area contributed by atoms with E-state index in [1.165, 1.54) is 16.4 Å². The fourth-order valence-electron chi connectivity index (χ4n) is 3.97. The van der Waals surface area contributed by atoms with Gasteiger partial charge in [0.05, 0.1) is 5.56 Å². The first-order chi connectivity index (χ1) is 15.2. The third-order valence-corrected chi connectivity index (χ3v) is 7.38. The molecule has 1 saturated heterocycles. The van der Waals surface area contributed by atoms with Gasteiger partial charge in [-0.1, -0.05) is 50.8 Å². The highest BCUT2D eigenvalue weighted by molar-refractivity contribution is 7.89. The van der Waals surface area contributed by atoms with Crippen LogP contribution in [-0.2, 0) is 21.2 Å². The third kappa shape index (κ3) is 5.46. The largest absolute Gasteiger partial charge is 0.451 e. The summed E-state index contributed by atoms with van der Waals surface area (Å²) in [5.41, 5.74) is 1.25. The van der Waals surface area contributed by atoms with Crippen molar-refractivity contribution in [1.29, 1.82) is 0 Å². The summed E-state index contributed by atoms with van der Waals surface area (Å²) in [7, 11) is -3.91. The molecule has 8 nitrogen and oxygen atoms in total. The number of amides is 2. The van der Waals surface area contributed by atoms with Crippen molar-refractivity contribution in [3.8, 4) is 0 Å². The van der Waals surface area contributed by atoms with Crippen molar-refractivity contribution in [2.75, 3.05) is 19.6 Å². The lowest BCUT2D eigenvalue weighted by molar-refractivity contribution is -0.118. The molecule has 0 spiro atoms. The maximum absolute atomic E-state index is 13.1. The second-order valence-corrected chi connectivity index (χ2v) is 10.0. The number of nitrogens with zero attached hydrogens (tertiary/aromatic N) is 1. The molecule has 172 valence electrons. The number of hydrogen-bond donors (Lipinski definition) is 2. The van der Waals surface area contributed by atoms with Crippen molar-refractivity contribution in [2.24, 2.45) is 11.8 Å². The van der Waals surface area contributed by atoms with Gasteiger partial charge in [0.25, 0.3) is 15.9 Å². The number of piperidine rings is 1. The Balaban J connectivity index is 1.62. The van der Waals surface area contributed by atoms with Crippen molar-refractivity contribution in [3.63, 3.8) is 0 Å². The van der Waals surface area contributed by atoms with Gasteiger partial charge in [-0.25, -0.2) is 8.42 Å². The lowest BCUT2D eigenvalue weighted by Gasteiger charge is -2.40. The van der Waals surface area contributed by atoms with Gasteiger partial charge in [-0.15, -0.1) is 0 Å². The first-order valence-corrected chi connectivity index (χ1v) is 12.0. The average Bonchev–Trinajstić information content (AvgIpc) is 3.28. The highest BCUT2D eigenvalue weighted by Crippen LogP contribution is 2.28. The summed E-state index contributed by atoms with van der Waals surface area (Å²) < 4.78 is 32.8. The molecule has 32 heavy (non-hydrogen) atoms. The number of hydrogen-bond acceptors (Lipinski definition) is 5. The van der Waals surface area contributed by atoms with Gasteiger partial charge < -0.3 is 15.1 Å². The van der Waals surface area contributed by atoms with E-state index in [4.69, 9.17) is 4.42 Å². The van der Waals surface area contributed by atoms with E-state index in [9.17, 15) is 18.0 Å². The van der Waals surface area contributed by atoms with E-state index in [2.05, 4.69) is 17.2 Å². The van der Waals surface area contributed by atoms with Crippen LogP contribution in [0.1, 0.15) is 29.8 Å². The molecule has 1 fully saturated rings. The molecule has 0 aliphatic carbocycles. The molecule has 1 aromatic carbocycles. The van der Waals surface area contributed by atoms with Crippen molar-refractivity contribution < 1.29 is 22.4 Å². The van der Waals surface area contributed by atoms with E-state index in [0.717, 1.165) is 11.8 Å². The highest BCUT2D eigenvalue weighted by atomic mass is 32.2. The molecule has 1 aliphatic rings. The van der Waals surface area contributed by atoms with Crippen LogP contribution in [0.2, 0.25) is 0 Å². The topological polar surface area (TPSA) is 109 Å². The Labute approximate surface area is 188 Å². The minimum Gasteiger partial charge on any atom is -0.451 e. The molecule has 2 aromatic rings. The Morgan fingerprint density at radius 1 is 1.19 bits per heavy atom. The predicted molar refractivity (Wildman–Crippen MR) is 120 cm³/mol. The fourth-order valence-corrected chi connectivity index (χ4v) is 5.54. The Hall–Kier alpha value is -2.91. The Bertz CT molecular complexity index is 1050. The monoisotopic (exact) mass is 459 g/mol. The average molecular weight is 460 g/mol.